The Morgan fingerprint density at radius 1 is 1.43 bits per heavy atom. The zero-order valence-corrected chi connectivity index (χ0v) is 8.15. The first-order valence-corrected chi connectivity index (χ1v) is 4.55. The Bertz CT molecular complexity index is 471. The van der Waals surface area contributed by atoms with E-state index in [1.54, 1.807) is 12.3 Å². The summed E-state index contributed by atoms with van der Waals surface area (Å²) in [7, 11) is 0. The highest BCUT2D eigenvalue weighted by Gasteiger charge is 2.06. The number of pyridine rings is 1. The molecule has 0 bridgehead atoms. The van der Waals surface area contributed by atoms with Gasteiger partial charge in [0.15, 0.2) is 12.0 Å². The number of nitrogens with zero attached hydrogens (tertiary/aromatic N) is 1. The van der Waals surface area contributed by atoms with E-state index >= 15 is 0 Å². The molecule has 0 saturated carbocycles. The van der Waals surface area contributed by atoms with Crippen LogP contribution < -0.4 is 0 Å². The lowest BCUT2D eigenvalue weighted by molar-refractivity contribution is 0.110. The molecule has 0 radical (unpaired) electrons. The summed E-state index contributed by atoms with van der Waals surface area (Å²) in [6, 6.07) is 3.58. The molecular formula is C11H11NO2. The molecule has 0 saturated heterocycles. The molecule has 0 aliphatic rings. The van der Waals surface area contributed by atoms with Crippen LogP contribution in [0.2, 0.25) is 0 Å². The van der Waals surface area contributed by atoms with Crippen molar-refractivity contribution in [2.75, 3.05) is 0 Å². The maximum absolute atomic E-state index is 10.5. The zero-order chi connectivity index (χ0) is 10.1. The van der Waals surface area contributed by atoms with Crippen molar-refractivity contribution in [1.82, 2.24) is 4.98 Å². The second-order valence-electron chi connectivity index (χ2n) is 3.57. The molecule has 2 heterocycles. The first-order valence-electron chi connectivity index (χ1n) is 4.55. The third-order valence-electron chi connectivity index (χ3n) is 2.15. The van der Waals surface area contributed by atoms with Gasteiger partial charge in [-0.05, 0) is 12.0 Å². The molecule has 3 nitrogen and oxygen atoms in total. The molecule has 0 atom stereocenters. The lowest BCUT2D eigenvalue weighted by Crippen LogP contribution is -1.90. The van der Waals surface area contributed by atoms with Gasteiger partial charge in [0, 0.05) is 23.3 Å². The van der Waals surface area contributed by atoms with Crippen molar-refractivity contribution in [3.63, 3.8) is 0 Å². The van der Waals surface area contributed by atoms with E-state index in [4.69, 9.17) is 4.42 Å². The minimum absolute atomic E-state index is 0.350. The van der Waals surface area contributed by atoms with Gasteiger partial charge in [-0.15, -0.1) is 0 Å². The highest BCUT2D eigenvalue weighted by atomic mass is 16.3. The fourth-order valence-electron chi connectivity index (χ4n) is 1.34. The molecule has 2 aromatic rings. The lowest BCUT2D eigenvalue weighted by Gasteiger charge is -2.01. The molecule has 0 amide bonds. The number of furan rings is 1. The van der Waals surface area contributed by atoms with Crippen LogP contribution in [0.15, 0.2) is 22.7 Å². The first-order chi connectivity index (χ1) is 6.70. The van der Waals surface area contributed by atoms with Gasteiger partial charge < -0.3 is 4.42 Å². The van der Waals surface area contributed by atoms with Crippen LogP contribution in [-0.4, -0.2) is 11.3 Å². The van der Waals surface area contributed by atoms with Crippen molar-refractivity contribution >= 4 is 17.3 Å². The van der Waals surface area contributed by atoms with Crippen LogP contribution in [0, 0.1) is 0 Å². The second-order valence-corrected chi connectivity index (χ2v) is 3.57. The van der Waals surface area contributed by atoms with Crippen molar-refractivity contribution < 1.29 is 9.21 Å². The third kappa shape index (κ3) is 1.41. The summed E-state index contributed by atoms with van der Waals surface area (Å²) >= 11 is 0. The van der Waals surface area contributed by atoms with Gasteiger partial charge in [-0.25, -0.2) is 0 Å². The van der Waals surface area contributed by atoms with E-state index in [1.165, 1.54) is 0 Å². The lowest BCUT2D eigenvalue weighted by atomic mass is 10.1. The molecule has 2 rings (SSSR count). The van der Waals surface area contributed by atoms with Crippen LogP contribution in [0.4, 0.5) is 0 Å². The predicted molar refractivity (Wildman–Crippen MR) is 53.5 cm³/mol. The summed E-state index contributed by atoms with van der Waals surface area (Å²) in [5.74, 6) is 0.715. The Morgan fingerprint density at radius 2 is 2.21 bits per heavy atom. The minimum atomic E-state index is 0.350. The van der Waals surface area contributed by atoms with Crippen LogP contribution in [0.3, 0.4) is 0 Å². The van der Waals surface area contributed by atoms with E-state index in [1.807, 2.05) is 6.07 Å². The standard InChI is InChI=1S/C11H11NO2/c1-7(2)10-4-11-8(5-12-10)3-9(6-13)14-11/h3-7H,1-2H3. The van der Waals surface area contributed by atoms with Gasteiger partial charge in [-0.1, -0.05) is 13.8 Å². The topological polar surface area (TPSA) is 43.1 Å². The van der Waals surface area contributed by atoms with Crippen LogP contribution >= 0.6 is 0 Å². The Morgan fingerprint density at radius 3 is 2.86 bits per heavy atom. The molecule has 14 heavy (non-hydrogen) atoms. The fourth-order valence-corrected chi connectivity index (χ4v) is 1.34. The van der Waals surface area contributed by atoms with Gasteiger partial charge >= 0.3 is 0 Å². The fraction of sp³-hybridized carbons (Fsp3) is 0.273. The second kappa shape index (κ2) is 3.25. The average Bonchev–Trinajstić information content (AvgIpc) is 2.58. The summed E-state index contributed by atoms with van der Waals surface area (Å²) in [5, 5.41) is 0.872. The number of carbonyl (C=O) groups is 1. The Balaban J connectivity index is 2.59. The number of carbonyl (C=O) groups excluding carboxylic acids is 1. The van der Waals surface area contributed by atoms with Gasteiger partial charge in [0.2, 0.25) is 0 Å². The maximum Gasteiger partial charge on any atom is 0.185 e. The molecule has 0 aliphatic heterocycles. The summed E-state index contributed by atoms with van der Waals surface area (Å²) in [5.41, 5.74) is 1.70. The van der Waals surface area contributed by atoms with E-state index in [-0.39, 0.29) is 0 Å². The molecule has 0 N–H and O–H groups in total. The normalized spacial score (nSPS) is 11.1. The molecule has 0 aromatic carbocycles. The van der Waals surface area contributed by atoms with Crippen molar-refractivity contribution in [3.05, 3.63) is 29.8 Å². The van der Waals surface area contributed by atoms with Crippen LogP contribution in [-0.2, 0) is 0 Å². The highest BCUT2D eigenvalue weighted by molar-refractivity contribution is 5.84. The van der Waals surface area contributed by atoms with E-state index in [0.717, 1.165) is 16.7 Å². The van der Waals surface area contributed by atoms with E-state index in [9.17, 15) is 4.79 Å². The summed E-state index contributed by atoms with van der Waals surface area (Å²) < 4.78 is 5.30. The third-order valence-corrected chi connectivity index (χ3v) is 2.15. The first kappa shape index (κ1) is 8.94. The van der Waals surface area contributed by atoms with Gasteiger partial charge in [0.05, 0.1) is 0 Å². The largest absolute Gasteiger partial charge is 0.453 e. The summed E-state index contributed by atoms with van der Waals surface area (Å²) in [4.78, 5) is 14.8. The SMILES string of the molecule is CC(C)c1cc2oc(C=O)cc2cn1. The highest BCUT2D eigenvalue weighted by Crippen LogP contribution is 2.21. The molecule has 2 aromatic heterocycles. The van der Waals surface area contributed by atoms with E-state index in [0.29, 0.717) is 18.0 Å². The van der Waals surface area contributed by atoms with Crippen molar-refractivity contribution in [2.24, 2.45) is 0 Å². The van der Waals surface area contributed by atoms with Crippen molar-refractivity contribution in [3.8, 4) is 0 Å². The van der Waals surface area contributed by atoms with Gasteiger partial charge in [-0.3, -0.25) is 9.78 Å². The number of hydrogen-bond acceptors (Lipinski definition) is 3. The van der Waals surface area contributed by atoms with E-state index in [2.05, 4.69) is 18.8 Å². The average molecular weight is 189 g/mol. The zero-order valence-electron chi connectivity index (χ0n) is 8.15. The van der Waals surface area contributed by atoms with Gasteiger partial charge in [0.1, 0.15) is 5.58 Å². The van der Waals surface area contributed by atoms with Gasteiger partial charge in [-0.2, -0.15) is 0 Å². The summed E-state index contributed by atoms with van der Waals surface area (Å²) in [6.07, 6.45) is 2.44. The molecule has 0 fully saturated rings. The summed E-state index contributed by atoms with van der Waals surface area (Å²) in [6.45, 7) is 4.13. The molecule has 72 valence electrons. The molecule has 0 aliphatic carbocycles. The van der Waals surface area contributed by atoms with Crippen LogP contribution in [0.5, 0.6) is 0 Å². The Hall–Kier alpha value is -1.64. The Kier molecular flexibility index (Phi) is 2.08. The smallest absolute Gasteiger partial charge is 0.185 e. The monoisotopic (exact) mass is 189 g/mol. The minimum Gasteiger partial charge on any atom is -0.453 e. The van der Waals surface area contributed by atoms with Gasteiger partial charge in [0.25, 0.3) is 0 Å². The molecule has 0 unspecified atom stereocenters. The number of fused-ring (bicyclic) bond motifs is 1. The number of aldehydes is 1. The van der Waals surface area contributed by atoms with Crippen molar-refractivity contribution in [2.45, 2.75) is 19.8 Å². The molecular weight excluding hydrogens is 178 g/mol. The number of rotatable bonds is 2. The number of hydrogen-bond donors (Lipinski definition) is 0. The van der Waals surface area contributed by atoms with Crippen LogP contribution in [0.1, 0.15) is 36.0 Å². The molecule has 0 spiro atoms. The van der Waals surface area contributed by atoms with E-state index < -0.39 is 0 Å². The predicted octanol–water partition coefficient (Wildman–Crippen LogP) is 2.76. The number of aromatic nitrogens is 1. The molecule has 3 heteroatoms. The van der Waals surface area contributed by atoms with Crippen LogP contribution in [0.25, 0.3) is 11.0 Å². The Labute approximate surface area is 81.7 Å². The quantitative estimate of drug-likeness (QED) is 0.682. The van der Waals surface area contributed by atoms with Crippen molar-refractivity contribution in [1.29, 1.82) is 0 Å². The maximum atomic E-state index is 10.5.